The molecule has 1 atom stereocenters. The van der Waals surface area contributed by atoms with E-state index in [0.29, 0.717) is 18.8 Å². The quantitative estimate of drug-likeness (QED) is 0.350. The van der Waals surface area contributed by atoms with Crippen molar-refractivity contribution in [1.29, 1.82) is 0 Å². The van der Waals surface area contributed by atoms with Gasteiger partial charge in [0.25, 0.3) is 0 Å². The van der Waals surface area contributed by atoms with Crippen molar-refractivity contribution < 1.29 is 9.84 Å². The standard InChI is InChI=1S/C22H21BrN4O2/c23-17-12-19-22(25-13-17)27-21(26-19)16-6-8-18(9-7-16)29-11-10-24-20(14-28)15-4-2-1-3-5-15/h1-9,12-13,20,24,28H,10-11,14H2,(H,25,26,27)/t20-/m1/s1. The average molecular weight is 453 g/mol. The van der Waals surface area contributed by atoms with E-state index in [1.165, 1.54) is 0 Å². The summed E-state index contributed by atoms with van der Waals surface area (Å²) in [5.74, 6) is 1.56. The molecule has 7 heteroatoms. The van der Waals surface area contributed by atoms with E-state index < -0.39 is 0 Å². The third-order valence-electron chi connectivity index (χ3n) is 4.58. The van der Waals surface area contributed by atoms with Crippen molar-refractivity contribution in [3.63, 3.8) is 0 Å². The molecule has 0 saturated heterocycles. The number of hydrogen-bond acceptors (Lipinski definition) is 5. The molecule has 4 aromatic rings. The zero-order valence-electron chi connectivity index (χ0n) is 15.7. The van der Waals surface area contributed by atoms with Crippen LogP contribution in [0.1, 0.15) is 11.6 Å². The summed E-state index contributed by atoms with van der Waals surface area (Å²) in [5.41, 5.74) is 3.60. The van der Waals surface area contributed by atoms with Crippen LogP contribution in [0.2, 0.25) is 0 Å². The van der Waals surface area contributed by atoms with Gasteiger partial charge < -0.3 is 20.1 Å². The highest BCUT2D eigenvalue weighted by Crippen LogP contribution is 2.23. The zero-order chi connectivity index (χ0) is 20.1. The van der Waals surface area contributed by atoms with E-state index >= 15 is 0 Å². The number of nitrogens with zero attached hydrogens (tertiary/aromatic N) is 2. The van der Waals surface area contributed by atoms with Crippen molar-refractivity contribution in [2.75, 3.05) is 19.8 Å². The van der Waals surface area contributed by atoms with Gasteiger partial charge in [0.05, 0.1) is 18.2 Å². The number of aliphatic hydroxyl groups excluding tert-OH is 1. The maximum Gasteiger partial charge on any atom is 0.178 e. The molecule has 0 aliphatic carbocycles. The molecular weight excluding hydrogens is 432 g/mol. The molecule has 0 aliphatic heterocycles. The second-order valence-corrected chi connectivity index (χ2v) is 7.50. The normalized spacial score (nSPS) is 12.2. The Balaban J connectivity index is 1.32. The Labute approximate surface area is 177 Å². The van der Waals surface area contributed by atoms with Crippen LogP contribution in [0, 0.1) is 0 Å². The molecule has 0 fully saturated rings. The van der Waals surface area contributed by atoms with Crippen molar-refractivity contribution in [3.8, 4) is 17.1 Å². The lowest BCUT2D eigenvalue weighted by atomic mass is 10.1. The van der Waals surface area contributed by atoms with Gasteiger partial charge in [-0.15, -0.1) is 0 Å². The Morgan fingerprint density at radius 1 is 1.10 bits per heavy atom. The molecule has 29 heavy (non-hydrogen) atoms. The summed E-state index contributed by atoms with van der Waals surface area (Å²) in [7, 11) is 0. The fourth-order valence-corrected chi connectivity index (χ4v) is 3.43. The number of imidazole rings is 1. The molecule has 6 nitrogen and oxygen atoms in total. The molecule has 0 bridgehead atoms. The van der Waals surface area contributed by atoms with Gasteiger partial charge in [-0.05, 0) is 51.8 Å². The summed E-state index contributed by atoms with van der Waals surface area (Å²) in [6, 6.07) is 19.5. The number of pyridine rings is 1. The number of fused-ring (bicyclic) bond motifs is 1. The third-order valence-corrected chi connectivity index (χ3v) is 5.01. The summed E-state index contributed by atoms with van der Waals surface area (Å²) in [6.07, 6.45) is 1.73. The van der Waals surface area contributed by atoms with Crippen molar-refractivity contribution in [1.82, 2.24) is 20.3 Å². The highest BCUT2D eigenvalue weighted by Gasteiger charge is 2.09. The average Bonchev–Trinajstić information content (AvgIpc) is 3.18. The molecular formula is C22H21BrN4O2. The number of ether oxygens (including phenoxy) is 1. The van der Waals surface area contributed by atoms with Gasteiger partial charge in [0.1, 0.15) is 18.2 Å². The summed E-state index contributed by atoms with van der Waals surface area (Å²) >= 11 is 3.42. The Bertz CT molecular complexity index is 1070. The first-order valence-electron chi connectivity index (χ1n) is 9.36. The van der Waals surface area contributed by atoms with E-state index in [4.69, 9.17) is 4.74 Å². The molecule has 148 valence electrons. The molecule has 0 unspecified atom stereocenters. The van der Waals surface area contributed by atoms with E-state index in [2.05, 4.69) is 36.2 Å². The minimum Gasteiger partial charge on any atom is -0.492 e. The zero-order valence-corrected chi connectivity index (χ0v) is 17.3. The highest BCUT2D eigenvalue weighted by molar-refractivity contribution is 9.10. The van der Waals surface area contributed by atoms with Gasteiger partial charge in [-0.25, -0.2) is 9.97 Å². The fourth-order valence-electron chi connectivity index (χ4n) is 3.10. The number of H-pyrrole nitrogens is 1. The SMILES string of the molecule is OC[C@@H](NCCOc1ccc(-c2nc3ncc(Br)cc3[nH]2)cc1)c1ccccc1. The maximum atomic E-state index is 9.58. The van der Waals surface area contributed by atoms with Crippen LogP contribution >= 0.6 is 15.9 Å². The molecule has 3 N–H and O–H groups in total. The number of aliphatic hydroxyl groups is 1. The first-order chi connectivity index (χ1) is 14.2. The van der Waals surface area contributed by atoms with E-state index in [-0.39, 0.29) is 12.6 Å². The molecule has 2 heterocycles. The Morgan fingerprint density at radius 3 is 2.66 bits per heavy atom. The minimum atomic E-state index is -0.0936. The first-order valence-corrected chi connectivity index (χ1v) is 10.2. The van der Waals surface area contributed by atoms with Crippen LogP contribution < -0.4 is 10.1 Å². The number of hydrogen-bond donors (Lipinski definition) is 3. The van der Waals surface area contributed by atoms with Gasteiger partial charge in [0.2, 0.25) is 0 Å². The van der Waals surface area contributed by atoms with Crippen LogP contribution in [0.25, 0.3) is 22.6 Å². The molecule has 0 saturated carbocycles. The maximum absolute atomic E-state index is 9.58. The van der Waals surface area contributed by atoms with Crippen LogP contribution in [-0.4, -0.2) is 39.8 Å². The molecule has 0 aliphatic rings. The Morgan fingerprint density at radius 2 is 1.90 bits per heavy atom. The van der Waals surface area contributed by atoms with Crippen molar-refractivity contribution in [3.05, 3.63) is 76.9 Å². The predicted molar refractivity (Wildman–Crippen MR) is 117 cm³/mol. The lowest BCUT2D eigenvalue weighted by Crippen LogP contribution is -2.28. The van der Waals surface area contributed by atoms with Crippen LogP contribution in [0.15, 0.2) is 71.3 Å². The number of benzene rings is 2. The second kappa shape index (κ2) is 9.17. The van der Waals surface area contributed by atoms with Gasteiger partial charge in [-0.2, -0.15) is 0 Å². The van der Waals surface area contributed by atoms with Crippen molar-refractivity contribution in [2.45, 2.75) is 6.04 Å². The van der Waals surface area contributed by atoms with E-state index in [0.717, 1.165) is 32.7 Å². The smallest absolute Gasteiger partial charge is 0.178 e. The lowest BCUT2D eigenvalue weighted by Gasteiger charge is -2.17. The highest BCUT2D eigenvalue weighted by atomic mass is 79.9. The monoisotopic (exact) mass is 452 g/mol. The van der Waals surface area contributed by atoms with Gasteiger partial charge in [0.15, 0.2) is 5.65 Å². The van der Waals surface area contributed by atoms with Crippen LogP contribution in [0.3, 0.4) is 0 Å². The second-order valence-electron chi connectivity index (χ2n) is 6.58. The fraction of sp³-hybridized carbons (Fsp3) is 0.182. The number of nitrogens with one attached hydrogen (secondary N) is 2. The van der Waals surface area contributed by atoms with Gasteiger partial charge in [-0.3, -0.25) is 0 Å². The van der Waals surface area contributed by atoms with Gasteiger partial charge in [0, 0.05) is 22.8 Å². The summed E-state index contributed by atoms with van der Waals surface area (Å²) in [6.45, 7) is 1.18. The molecule has 2 aromatic heterocycles. The number of aromatic amines is 1. The first kappa shape index (κ1) is 19.6. The summed E-state index contributed by atoms with van der Waals surface area (Å²) < 4.78 is 6.72. The van der Waals surface area contributed by atoms with E-state index in [9.17, 15) is 5.11 Å². The third kappa shape index (κ3) is 4.82. The Hall–Kier alpha value is -2.74. The van der Waals surface area contributed by atoms with Crippen LogP contribution in [0.5, 0.6) is 5.75 Å². The summed E-state index contributed by atoms with van der Waals surface area (Å²) in [4.78, 5) is 12.1. The van der Waals surface area contributed by atoms with Crippen molar-refractivity contribution >= 4 is 27.1 Å². The van der Waals surface area contributed by atoms with Gasteiger partial charge in [-0.1, -0.05) is 30.3 Å². The largest absolute Gasteiger partial charge is 0.492 e. The lowest BCUT2D eigenvalue weighted by molar-refractivity contribution is 0.232. The van der Waals surface area contributed by atoms with Crippen LogP contribution in [0.4, 0.5) is 0 Å². The predicted octanol–water partition coefficient (Wildman–Crippen LogP) is 4.09. The molecule has 0 amide bonds. The minimum absolute atomic E-state index is 0.0433. The van der Waals surface area contributed by atoms with E-state index in [1.54, 1.807) is 6.20 Å². The Kier molecular flexibility index (Phi) is 6.19. The molecule has 2 aromatic carbocycles. The number of aromatic nitrogens is 3. The topological polar surface area (TPSA) is 83.1 Å². The van der Waals surface area contributed by atoms with Crippen LogP contribution in [-0.2, 0) is 0 Å². The van der Waals surface area contributed by atoms with Crippen molar-refractivity contribution in [2.24, 2.45) is 0 Å². The molecule has 0 radical (unpaired) electrons. The van der Waals surface area contributed by atoms with Gasteiger partial charge >= 0.3 is 0 Å². The molecule has 4 rings (SSSR count). The molecule has 0 spiro atoms. The summed E-state index contributed by atoms with van der Waals surface area (Å²) in [5, 5.41) is 12.9. The number of rotatable bonds is 8. The number of halogens is 1. The van der Waals surface area contributed by atoms with E-state index in [1.807, 2.05) is 60.7 Å².